The zero-order valence-corrected chi connectivity index (χ0v) is 12.0. The number of nitrogens with one attached hydrogen (secondary N) is 1. The topological polar surface area (TPSA) is 92.5 Å². The van der Waals surface area contributed by atoms with Crippen molar-refractivity contribution < 1.29 is 13.2 Å². The van der Waals surface area contributed by atoms with E-state index < -0.39 is 10.0 Å². The monoisotopic (exact) mass is 291 g/mol. The van der Waals surface area contributed by atoms with Crippen LogP contribution in [0.5, 0.6) is 0 Å². The molecule has 102 valence electrons. The first kappa shape index (κ1) is 15.1. The first-order valence-corrected chi connectivity index (χ1v) is 7.71. The Labute approximate surface area is 111 Å². The highest BCUT2D eigenvalue weighted by Crippen LogP contribution is 2.23. The fraction of sp³-hybridized carbons (Fsp3) is 0.500. The van der Waals surface area contributed by atoms with E-state index in [4.69, 9.17) is 5.73 Å². The summed E-state index contributed by atoms with van der Waals surface area (Å²) in [6, 6.07) is 1.44. The Morgan fingerprint density at radius 2 is 2.17 bits per heavy atom. The molecule has 1 heterocycles. The van der Waals surface area contributed by atoms with Gasteiger partial charge in [0.2, 0.25) is 10.0 Å². The smallest absolute Gasteiger partial charge is 0.262 e. The number of thiophene rings is 1. The largest absolute Gasteiger partial charge is 0.351 e. The number of nitrogens with zero attached hydrogens (tertiary/aromatic N) is 1. The van der Waals surface area contributed by atoms with E-state index in [9.17, 15) is 13.2 Å². The van der Waals surface area contributed by atoms with E-state index in [1.165, 1.54) is 20.2 Å². The Hall–Kier alpha value is -0.960. The van der Waals surface area contributed by atoms with E-state index in [-0.39, 0.29) is 15.7 Å². The lowest BCUT2D eigenvalue weighted by molar-refractivity contribution is 0.0954. The van der Waals surface area contributed by atoms with Crippen LogP contribution in [-0.2, 0) is 10.0 Å². The number of hydrogen-bond donors (Lipinski definition) is 2. The molecule has 0 unspecified atom stereocenters. The highest BCUT2D eigenvalue weighted by molar-refractivity contribution is 7.89. The lowest BCUT2D eigenvalue weighted by Crippen LogP contribution is -2.28. The standard InChI is InChI=1S/C10H17N3O3S2/c1-13(2)18(15,16)8-4-7-17-9(8)10(14)12-6-3-5-11/h4,7H,3,5-6,11H2,1-2H3,(H,12,14). The Morgan fingerprint density at radius 3 is 2.72 bits per heavy atom. The molecule has 0 radical (unpaired) electrons. The van der Waals surface area contributed by atoms with E-state index in [0.29, 0.717) is 19.5 Å². The predicted octanol–water partition coefficient (Wildman–Crippen LogP) is 0.0770. The number of nitrogens with two attached hydrogens (primary N) is 1. The van der Waals surface area contributed by atoms with Gasteiger partial charge in [-0.3, -0.25) is 4.79 Å². The number of hydrogen-bond acceptors (Lipinski definition) is 5. The maximum atomic E-state index is 12.0. The molecule has 0 aliphatic carbocycles. The fourth-order valence-corrected chi connectivity index (χ4v) is 3.46. The number of amides is 1. The third-order valence-corrected chi connectivity index (χ3v) is 5.16. The zero-order chi connectivity index (χ0) is 13.8. The van der Waals surface area contributed by atoms with Crippen molar-refractivity contribution in [3.63, 3.8) is 0 Å². The molecule has 0 saturated carbocycles. The third-order valence-electron chi connectivity index (χ3n) is 2.26. The van der Waals surface area contributed by atoms with E-state index in [0.717, 1.165) is 15.6 Å². The van der Waals surface area contributed by atoms with Crippen molar-refractivity contribution in [3.8, 4) is 0 Å². The normalized spacial score (nSPS) is 11.8. The van der Waals surface area contributed by atoms with Crippen molar-refractivity contribution in [3.05, 3.63) is 16.3 Å². The van der Waals surface area contributed by atoms with Gasteiger partial charge in [-0.15, -0.1) is 11.3 Å². The summed E-state index contributed by atoms with van der Waals surface area (Å²) in [4.78, 5) is 12.1. The maximum absolute atomic E-state index is 12.0. The summed E-state index contributed by atoms with van der Waals surface area (Å²) in [5.74, 6) is -0.376. The Bertz CT molecular complexity index is 508. The van der Waals surface area contributed by atoms with Crippen molar-refractivity contribution in [2.24, 2.45) is 5.73 Å². The average Bonchev–Trinajstić information content (AvgIpc) is 2.78. The summed E-state index contributed by atoms with van der Waals surface area (Å²) in [6.07, 6.45) is 0.660. The summed E-state index contributed by atoms with van der Waals surface area (Å²) >= 11 is 1.11. The Balaban J connectivity index is 2.93. The van der Waals surface area contributed by atoms with Gasteiger partial charge in [-0.25, -0.2) is 12.7 Å². The second-order valence-electron chi connectivity index (χ2n) is 3.80. The lowest BCUT2D eigenvalue weighted by Gasteiger charge is -2.11. The number of carbonyl (C=O) groups excluding carboxylic acids is 1. The van der Waals surface area contributed by atoms with Crippen LogP contribution in [0.3, 0.4) is 0 Å². The second kappa shape index (κ2) is 6.28. The van der Waals surface area contributed by atoms with Crippen molar-refractivity contribution in [2.45, 2.75) is 11.3 Å². The van der Waals surface area contributed by atoms with Crippen LogP contribution in [0.25, 0.3) is 0 Å². The van der Waals surface area contributed by atoms with Gasteiger partial charge in [-0.1, -0.05) is 0 Å². The molecule has 1 aromatic heterocycles. The minimum atomic E-state index is -3.58. The minimum absolute atomic E-state index is 0.0442. The first-order chi connectivity index (χ1) is 8.41. The molecule has 1 amide bonds. The highest BCUT2D eigenvalue weighted by atomic mass is 32.2. The molecule has 0 aromatic carbocycles. The van der Waals surface area contributed by atoms with Gasteiger partial charge in [0, 0.05) is 20.6 Å². The molecule has 8 heteroatoms. The van der Waals surface area contributed by atoms with Gasteiger partial charge in [0.25, 0.3) is 5.91 Å². The molecule has 1 rings (SSSR count). The molecule has 0 saturated heterocycles. The third kappa shape index (κ3) is 3.29. The average molecular weight is 291 g/mol. The van der Waals surface area contributed by atoms with Gasteiger partial charge < -0.3 is 11.1 Å². The highest BCUT2D eigenvalue weighted by Gasteiger charge is 2.25. The molecule has 1 aromatic rings. The molecule has 0 fully saturated rings. The lowest BCUT2D eigenvalue weighted by atomic mass is 10.4. The summed E-state index contributed by atoms with van der Waals surface area (Å²) in [6.45, 7) is 0.919. The van der Waals surface area contributed by atoms with Crippen LogP contribution >= 0.6 is 11.3 Å². The number of carbonyl (C=O) groups is 1. The SMILES string of the molecule is CN(C)S(=O)(=O)c1ccsc1C(=O)NCCCN. The first-order valence-electron chi connectivity index (χ1n) is 5.39. The van der Waals surface area contributed by atoms with Gasteiger partial charge in [0.05, 0.1) is 0 Å². The summed E-state index contributed by atoms with van der Waals surface area (Å²) < 4.78 is 25.1. The Morgan fingerprint density at radius 1 is 1.50 bits per heavy atom. The van der Waals surface area contributed by atoms with E-state index in [1.807, 2.05) is 0 Å². The summed E-state index contributed by atoms with van der Waals surface area (Å²) in [7, 11) is -0.714. The molecule has 0 atom stereocenters. The summed E-state index contributed by atoms with van der Waals surface area (Å²) in [5, 5.41) is 4.24. The Kier molecular flexibility index (Phi) is 5.27. The van der Waals surface area contributed by atoms with E-state index in [1.54, 1.807) is 5.38 Å². The van der Waals surface area contributed by atoms with Gasteiger partial charge in [0.1, 0.15) is 9.77 Å². The van der Waals surface area contributed by atoms with Crippen LogP contribution in [-0.4, -0.2) is 45.8 Å². The van der Waals surface area contributed by atoms with Gasteiger partial charge in [-0.2, -0.15) is 0 Å². The predicted molar refractivity (Wildman–Crippen MR) is 71.2 cm³/mol. The molecule has 0 spiro atoms. The van der Waals surface area contributed by atoms with Gasteiger partial charge in [-0.05, 0) is 24.4 Å². The summed E-state index contributed by atoms with van der Waals surface area (Å²) in [5.41, 5.74) is 5.32. The minimum Gasteiger partial charge on any atom is -0.351 e. The van der Waals surface area contributed by atoms with Crippen molar-refractivity contribution >= 4 is 27.3 Å². The zero-order valence-electron chi connectivity index (χ0n) is 10.3. The molecule has 3 N–H and O–H groups in total. The molecule has 0 bridgehead atoms. The van der Waals surface area contributed by atoms with Crippen LogP contribution in [0.2, 0.25) is 0 Å². The van der Waals surface area contributed by atoms with Crippen molar-refractivity contribution in [1.29, 1.82) is 0 Å². The number of rotatable bonds is 6. The van der Waals surface area contributed by atoms with E-state index in [2.05, 4.69) is 5.32 Å². The number of sulfonamides is 1. The van der Waals surface area contributed by atoms with Crippen LogP contribution in [0.1, 0.15) is 16.1 Å². The molecule has 6 nitrogen and oxygen atoms in total. The van der Waals surface area contributed by atoms with Crippen LogP contribution in [0.15, 0.2) is 16.3 Å². The van der Waals surface area contributed by atoms with Gasteiger partial charge in [0.15, 0.2) is 0 Å². The van der Waals surface area contributed by atoms with E-state index >= 15 is 0 Å². The van der Waals surface area contributed by atoms with Crippen molar-refractivity contribution in [1.82, 2.24) is 9.62 Å². The van der Waals surface area contributed by atoms with Gasteiger partial charge >= 0.3 is 0 Å². The maximum Gasteiger partial charge on any atom is 0.262 e. The second-order valence-corrected chi connectivity index (χ2v) is 6.84. The molecule has 18 heavy (non-hydrogen) atoms. The fourth-order valence-electron chi connectivity index (χ4n) is 1.25. The molecule has 0 aliphatic heterocycles. The molecule has 0 aliphatic rings. The molecular formula is C10H17N3O3S2. The van der Waals surface area contributed by atoms with Crippen molar-refractivity contribution in [2.75, 3.05) is 27.2 Å². The van der Waals surface area contributed by atoms with Crippen LogP contribution in [0.4, 0.5) is 0 Å². The van der Waals surface area contributed by atoms with Crippen LogP contribution in [0, 0.1) is 0 Å². The van der Waals surface area contributed by atoms with Crippen LogP contribution < -0.4 is 11.1 Å². The molecular weight excluding hydrogens is 274 g/mol. The quantitative estimate of drug-likeness (QED) is 0.726.